The summed E-state index contributed by atoms with van der Waals surface area (Å²) in [6.45, 7) is 4.25. The van der Waals surface area contributed by atoms with Gasteiger partial charge in [0.1, 0.15) is 5.75 Å². The summed E-state index contributed by atoms with van der Waals surface area (Å²) in [4.78, 5) is 14.1. The summed E-state index contributed by atoms with van der Waals surface area (Å²) in [5.74, 6) is 0.620. The van der Waals surface area contributed by atoms with E-state index in [9.17, 15) is 18.0 Å². The molecule has 0 spiro atoms. The van der Waals surface area contributed by atoms with E-state index in [1.54, 1.807) is 6.07 Å². The van der Waals surface area contributed by atoms with Crippen LogP contribution in [0.2, 0.25) is 5.02 Å². The minimum atomic E-state index is -4.53. The van der Waals surface area contributed by atoms with Gasteiger partial charge in [-0.3, -0.25) is 9.69 Å². The van der Waals surface area contributed by atoms with Crippen molar-refractivity contribution in [1.82, 2.24) is 10.2 Å². The van der Waals surface area contributed by atoms with E-state index in [0.29, 0.717) is 44.0 Å². The highest BCUT2D eigenvalue weighted by Crippen LogP contribution is 2.37. The molecule has 1 N–H and O–H groups in total. The first-order valence-electron chi connectivity index (χ1n) is 14.4. The third-order valence-corrected chi connectivity index (χ3v) is 7.59. The maximum Gasteiger partial charge on any atom is 0.417 e. The van der Waals surface area contributed by atoms with Crippen molar-refractivity contribution in [2.75, 3.05) is 26.2 Å². The van der Waals surface area contributed by atoms with Crippen LogP contribution in [0.4, 0.5) is 13.2 Å². The van der Waals surface area contributed by atoms with E-state index in [-0.39, 0.29) is 29.8 Å². The van der Waals surface area contributed by atoms with Gasteiger partial charge in [-0.1, -0.05) is 96.5 Å². The van der Waals surface area contributed by atoms with Crippen LogP contribution in [-0.2, 0) is 23.9 Å². The summed E-state index contributed by atoms with van der Waals surface area (Å²) in [5.41, 5.74) is 2.70. The van der Waals surface area contributed by atoms with Crippen LogP contribution in [-0.4, -0.2) is 37.0 Å². The van der Waals surface area contributed by atoms with Crippen molar-refractivity contribution in [2.45, 2.75) is 38.4 Å². The molecule has 226 valence electrons. The van der Waals surface area contributed by atoms with Crippen molar-refractivity contribution < 1.29 is 22.7 Å². The second-order valence-electron chi connectivity index (χ2n) is 10.4. The van der Waals surface area contributed by atoms with Gasteiger partial charge in [-0.15, -0.1) is 0 Å². The predicted octanol–water partition coefficient (Wildman–Crippen LogP) is 8.14. The van der Waals surface area contributed by atoms with Gasteiger partial charge in [0, 0.05) is 32.1 Å². The molecule has 0 aliphatic heterocycles. The molecule has 0 heterocycles. The van der Waals surface area contributed by atoms with Crippen LogP contribution >= 0.6 is 11.6 Å². The summed E-state index contributed by atoms with van der Waals surface area (Å²) in [6.07, 6.45) is -3.63. The van der Waals surface area contributed by atoms with Crippen LogP contribution in [0.25, 0.3) is 0 Å². The number of halogens is 4. The molecule has 0 bridgehead atoms. The molecule has 4 nitrogen and oxygen atoms in total. The predicted molar refractivity (Wildman–Crippen MR) is 165 cm³/mol. The second-order valence-corrected chi connectivity index (χ2v) is 10.7. The van der Waals surface area contributed by atoms with Crippen LogP contribution in [0.5, 0.6) is 5.75 Å². The van der Waals surface area contributed by atoms with E-state index in [2.05, 4.69) is 34.5 Å². The first kappa shape index (κ1) is 32.1. The highest BCUT2D eigenvalue weighted by atomic mass is 35.5. The van der Waals surface area contributed by atoms with Gasteiger partial charge in [-0.05, 0) is 53.8 Å². The molecule has 0 aliphatic rings. The van der Waals surface area contributed by atoms with Crippen LogP contribution in [0.1, 0.15) is 47.1 Å². The van der Waals surface area contributed by atoms with E-state index in [4.69, 9.17) is 16.3 Å². The highest BCUT2D eigenvalue weighted by molar-refractivity contribution is 6.32. The van der Waals surface area contributed by atoms with Crippen molar-refractivity contribution >= 4 is 17.5 Å². The zero-order valence-electron chi connectivity index (χ0n) is 24.1. The fraction of sp³-hybridized carbons (Fsp3) is 0.286. The minimum Gasteiger partial charge on any atom is -0.494 e. The van der Waals surface area contributed by atoms with Gasteiger partial charge >= 0.3 is 6.18 Å². The Balaban J connectivity index is 1.51. The van der Waals surface area contributed by atoms with Gasteiger partial charge in [0.25, 0.3) is 0 Å². The lowest BCUT2D eigenvalue weighted by molar-refractivity contribution is -0.137. The number of carbonyl (C=O) groups is 1. The Morgan fingerprint density at radius 2 is 1.56 bits per heavy atom. The first-order valence-corrected chi connectivity index (χ1v) is 14.8. The average molecular weight is 609 g/mol. The molecule has 0 saturated heterocycles. The number of nitrogens with one attached hydrogen (secondary N) is 1. The number of nitrogens with zero attached hydrogens (tertiary/aromatic N) is 1. The molecule has 0 aliphatic carbocycles. The van der Waals surface area contributed by atoms with E-state index >= 15 is 0 Å². The molecule has 4 aromatic carbocycles. The Hall–Kier alpha value is -3.81. The molecule has 8 heteroatoms. The van der Waals surface area contributed by atoms with Gasteiger partial charge < -0.3 is 10.1 Å². The van der Waals surface area contributed by atoms with Crippen LogP contribution in [0, 0.1) is 0 Å². The van der Waals surface area contributed by atoms with Gasteiger partial charge in [0.05, 0.1) is 23.6 Å². The zero-order chi connectivity index (χ0) is 30.7. The molecule has 4 aromatic rings. The number of amides is 1. The Labute approximate surface area is 256 Å². The lowest BCUT2D eigenvalue weighted by Gasteiger charge is -2.29. The van der Waals surface area contributed by atoms with Gasteiger partial charge in [-0.2, -0.15) is 13.2 Å². The average Bonchev–Trinajstić information content (AvgIpc) is 2.99. The van der Waals surface area contributed by atoms with Crippen molar-refractivity contribution in [1.29, 1.82) is 0 Å². The van der Waals surface area contributed by atoms with E-state index in [1.165, 1.54) is 6.07 Å². The van der Waals surface area contributed by atoms with Gasteiger partial charge in [0.2, 0.25) is 5.91 Å². The monoisotopic (exact) mass is 608 g/mol. The number of carbonyl (C=O) groups excluding carboxylic acids is 1. The summed E-state index contributed by atoms with van der Waals surface area (Å²) in [7, 11) is 0. The number of benzene rings is 4. The van der Waals surface area contributed by atoms with Crippen molar-refractivity contribution in [3.63, 3.8) is 0 Å². The molecule has 0 aromatic heterocycles. The maximum absolute atomic E-state index is 13.6. The maximum atomic E-state index is 13.6. The van der Waals surface area contributed by atoms with Crippen molar-refractivity contribution in [2.24, 2.45) is 0 Å². The fourth-order valence-electron chi connectivity index (χ4n) is 5.10. The summed E-state index contributed by atoms with van der Waals surface area (Å²) in [5, 5.41) is 2.53. The fourth-order valence-corrected chi connectivity index (χ4v) is 5.39. The minimum absolute atomic E-state index is 0.00107. The molecule has 0 fully saturated rings. The Morgan fingerprint density at radius 1 is 0.907 bits per heavy atom. The summed E-state index contributed by atoms with van der Waals surface area (Å²) >= 11 is 6.32. The quantitative estimate of drug-likeness (QED) is 0.147. The topological polar surface area (TPSA) is 41.6 Å². The molecule has 1 amide bonds. The van der Waals surface area contributed by atoms with Crippen molar-refractivity contribution in [3.05, 3.63) is 136 Å². The molecular weight excluding hydrogens is 573 g/mol. The SMILES string of the molecule is CCNC(=O)Cc1cccc(OCCCN(Cc2cccc(C(F)(F)F)c2Cl)CC(c2ccccc2)c2ccccc2)c1. The van der Waals surface area contributed by atoms with Crippen LogP contribution < -0.4 is 10.1 Å². The first-order chi connectivity index (χ1) is 20.7. The Kier molecular flexibility index (Phi) is 11.6. The molecule has 4 rings (SSSR count). The number of ether oxygens (including phenoxy) is 1. The number of alkyl halides is 3. The van der Waals surface area contributed by atoms with E-state index < -0.39 is 11.7 Å². The van der Waals surface area contributed by atoms with Crippen LogP contribution in [0.3, 0.4) is 0 Å². The molecule has 0 unspecified atom stereocenters. The third kappa shape index (κ3) is 9.60. The third-order valence-electron chi connectivity index (χ3n) is 7.15. The lowest BCUT2D eigenvalue weighted by atomic mass is 9.90. The Morgan fingerprint density at radius 3 is 2.19 bits per heavy atom. The lowest BCUT2D eigenvalue weighted by Crippen LogP contribution is -2.31. The molecule has 0 radical (unpaired) electrons. The molecule has 43 heavy (non-hydrogen) atoms. The zero-order valence-corrected chi connectivity index (χ0v) is 24.9. The Bertz CT molecular complexity index is 1410. The van der Waals surface area contributed by atoms with Gasteiger partial charge in [-0.25, -0.2) is 0 Å². The largest absolute Gasteiger partial charge is 0.494 e. The van der Waals surface area contributed by atoms with Crippen LogP contribution in [0.15, 0.2) is 103 Å². The normalized spacial score (nSPS) is 11.6. The second kappa shape index (κ2) is 15.6. The number of likely N-dealkylation sites (N-methyl/N-ethyl adjacent to an activating group) is 1. The number of rotatable bonds is 14. The smallest absolute Gasteiger partial charge is 0.417 e. The molecule has 0 saturated carbocycles. The molecule has 0 atom stereocenters. The van der Waals surface area contributed by atoms with Crippen molar-refractivity contribution in [3.8, 4) is 5.75 Å². The summed E-state index contributed by atoms with van der Waals surface area (Å²) in [6, 6.07) is 31.7. The van der Waals surface area contributed by atoms with E-state index in [1.807, 2.05) is 67.6 Å². The number of hydrogen-bond acceptors (Lipinski definition) is 3. The van der Waals surface area contributed by atoms with Gasteiger partial charge in [0.15, 0.2) is 0 Å². The molecular formula is C35H36ClF3N2O2. The highest BCUT2D eigenvalue weighted by Gasteiger charge is 2.34. The number of hydrogen-bond donors (Lipinski definition) is 1. The van der Waals surface area contributed by atoms with E-state index in [0.717, 1.165) is 22.8 Å². The standard InChI is InChI=1S/C35H36ClF3N2O2/c1-2-40-33(42)23-26-12-9-18-30(22-26)43-21-11-20-41(24-29-17-10-19-32(34(29)36)35(37,38)39)25-31(27-13-5-3-6-14-27)28-15-7-4-8-16-28/h3-10,12-19,22,31H,2,11,20-21,23-25H2,1H3,(H,40,42). The summed E-state index contributed by atoms with van der Waals surface area (Å²) < 4.78 is 46.9.